The Bertz CT molecular complexity index is 717. The second-order valence-corrected chi connectivity index (χ2v) is 6.61. The molecule has 0 spiro atoms. The van der Waals surface area contributed by atoms with Crippen LogP contribution in [0.3, 0.4) is 0 Å². The largest absolute Gasteiger partial charge is 0.497 e. The molecule has 10 heteroatoms. The number of rotatable bonds is 4. The van der Waals surface area contributed by atoms with Gasteiger partial charge in [0, 0.05) is 30.6 Å². The highest BCUT2D eigenvalue weighted by atomic mass is 32.3. The van der Waals surface area contributed by atoms with Crippen LogP contribution in [-0.2, 0) is 21.2 Å². The predicted molar refractivity (Wildman–Crippen MR) is 73.4 cm³/mol. The summed E-state index contributed by atoms with van der Waals surface area (Å²) in [4.78, 5) is 12.9. The monoisotopic (exact) mass is 355 g/mol. The van der Waals surface area contributed by atoms with Crippen molar-refractivity contribution >= 4 is 21.8 Å². The lowest BCUT2D eigenvalue weighted by Crippen LogP contribution is -2.26. The smallest absolute Gasteiger partial charge is 0.416 e. The Hall–Kier alpha value is -1.84. The Labute approximate surface area is 130 Å². The summed E-state index contributed by atoms with van der Waals surface area (Å²) in [5, 5.41) is 0. The Kier molecular flexibility index (Phi) is 4.56. The Morgan fingerprint density at radius 2 is 1.96 bits per heavy atom. The zero-order chi connectivity index (χ0) is 17.4. The molecule has 1 aliphatic heterocycles. The molecule has 1 aromatic carbocycles. The first kappa shape index (κ1) is 17.5. The maximum absolute atomic E-state index is 12.9. The molecule has 1 heterocycles. The molecule has 1 amide bonds. The van der Waals surface area contributed by atoms with E-state index in [0.29, 0.717) is 0 Å². The van der Waals surface area contributed by atoms with E-state index < -0.39 is 39.5 Å². The number of hydrogen-bond donors (Lipinski definition) is 0. The Morgan fingerprint density at radius 3 is 2.48 bits per heavy atom. The number of carbonyl (C=O) groups excluding carboxylic acids is 1. The summed E-state index contributed by atoms with van der Waals surface area (Å²) in [7, 11) is -3.58. The van der Waals surface area contributed by atoms with E-state index in [0.717, 1.165) is 17.0 Å². The lowest BCUT2D eigenvalue weighted by molar-refractivity contribution is -0.137. The second kappa shape index (κ2) is 5.99. The topological polar surface area (TPSA) is 63.7 Å². The minimum Gasteiger partial charge on any atom is -0.497 e. The standard InChI is InChI=1S/C13H13F4NO4S/c1-22-11-4-9(13(14,15)16)3-10(5-11)18-6-8(2-12(18)19)7-23(17,20)21/h3-5,8H,2,6-7H2,1H3. The summed E-state index contributed by atoms with van der Waals surface area (Å²) in [6.45, 7) is -0.174. The zero-order valence-electron chi connectivity index (χ0n) is 11.9. The van der Waals surface area contributed by atoms with E-state index >= 15 is 0 Å². The summed E-state index contributed by atoms with van der Waals surface area (Å²) in [5.41, 5.74) is -1.07. The molecule has 5 nitrogen and oxygen atoms in total. The second-order valence-electron chi connectivity index (χ2n) is 5.20. The van der Waals surface area contributed by atoms with Crippen LogP contribution in [0.4, 0.5) is 22.7 Å². The summed E-state index contributed by atoms with van der Waals surface area (Å²) >= 11 is 0. The van der Waals surface area contributed by atoms with Gasteiger partial charge in [-0.3, -0.25) is 4.79 Å². The quantitative estimate of drug-likeness (QED) is 0.614. The van der Waals surface area contributed by atoms with Crippen molar-refractivity contribution in [2.24, 2.45) is 5.92 Å². The Balaban J connectivity index is 2.33. The van der Waals surface area contributed by atoms with Gasteiger partial charge in [0.05, 0.1) is 18.4 Å². The fourth-order valence-electron chi connectivity index (χ4n) is 2.44. The van der Waals surface area contributed by atoms with Crippen LogP contribution in [0.25, 0.3) is 0 Å². The van der Waals surface area contributed by atoms with Crippen LogP contribution in [0.5, 0.6) is 5.75 Å². The number of carbonyl (C=O) groups is 1. The van der Waals surface area contributed by atoms with Gasteiger partial charge in [-0.1, -0.05) is 0 Å². The number of alkyl halides is 3. The number of nitrogens with zero attached hydrogens (tertiary/aromatic N) is 1. The molecular formula is C13H13F4NO4S. The van der Waals surface area contributed by atoms with Gasteiger partial charge in [-0.25, -0.2) is 0 Å². The van der Waals surface area contributed by atoms with Crippen LogP contribution >= 0.6 is 0 Å². The maximum Gasteiger partial charge on any atom is 0.416 e. The average Bonchev–Trinajstić information content (AvgIpc) is 2.75. The van der Waals surface area contributed by atoms with Gasteiger partial charge in [-0.2, -0.15) is 21.6 Å². The summed E-state index contributed by atoms with van der Waals surface area (Å²) in [5.74, 6) is -2.31. The molecular weight excluding hydrogens is 342 g/mol. The van der Waals surface area contributed by atoms with E-state index in [1.165, 1.54) is 13.2 Å². The normalized spacial score (nSPS) is 19.3. The van der Waals surface area contributed by atoms with Gasteiger partial charge >= 0.3 is 16.4 Å². The fourth-order valence-corrected chi connectivity index (χ4v) is 3.23. The molecule has 0 N–H and O–H groups in total. The molecule has 1 atom stereocenters. The molecule has 128 valence electrons. The van der Waals surface area contributed by atoms with E-state index in [9.17, 15) is 30.3 Å². The van der Waals surface area contributed by atoms with E-state index in [1.54, 1.807) is 0 Å². The average molecular weight is 355 g/mol. The van der Waals surface area contributed by atoms with Gasteiger partial charge in [-0.05, 0) is 12.1 Å². The lowest BCUT2D eigenvalue weighted by Gasteiger charge is -2.19. The van der Waals surface area contributed by atoms with Gasteiger partial charge in [0.2, 0.25) is 5.91 Å². The first-order chi connectivity index (χ1) is 10.5. The van der Waals surface area contributed by atoms with Crippen molar-refractivity contribution in [3.63, 3.8) is 0 Å². The number of anilines is 1. The van der Waals surface area contributed by atoms with Gasteiger partial charge in [0.15, 0.2) is 0 Å². The van der Waals surface area contributed by atoms with Crippen molar-refractivity contribution in [3.05, 3.63) is 23.8 Å². The molecule has 1 aliphatic rings. The van der Waals surface area contributed by atoms with Crippen LogP contribution in [0, 0.1) is 5.92 Å². The first-order valence-corrected chi connectivity index (χ1v) is 8.04. The number of hydrogen-bond acceptors (Lipinski definition) is 4. The van der Waals surface area contributed by atoms with E-state index in [4.69, 9.17) is 4.74 Å². The SMILES string of the molecule is COc1cc(N2CC(CS(=O)(=O)F)CC2=O)cc(C(F)(F)F)c1. The van der Waals surface area contributed by atoms with Crippen LogP contribution in [0.2, 0.25) is 0 Å². The molecule has 0 radical (unpaired) electrons. The van der Waals surface area contributed by atoms with Gasteiger partial charge in [0.1, 0.15) is 5.75 Å². The number of methoxy groups -OCH3 is 1. The molecule has 0 aromatic heterocycles. The highest BCUT2D eigenvalue weighted by Crippen LogP contribution is 2.37. The third kappa shape index (κ3) is 4.34. The molecule has 23 heavy (non-hydrogen) atoms. The van der Waals surface area contributed by atoms with Gasteiger partial charge in [-0.15, -0.1) is 3.89 Å². The van der Waals surface area contributed by atoms with Gasteiger partial charge in [0.25, 0.3) is 0 Å². The van der Waals surface area contributed by atoms with E-state index in [1.807, 2.05) is 0 Å². The van der Waals surface area contributed by atoms with E-state index in [2.05, 4.69) is 0 Å². The molecule has 0 aliphatic carbocycles. The molecule has 2 rings (SSSR count). The first-order valence-electron chi connectivity index (χ1n) is 6.48. The number of amides is 1. The summed E-state index contributed by atoms with van der Waals surface area (Å²) in [6.07, 6.45) is -4.88. The molecule has 1 saturated heterocycles. The van der Waals surface area contributed by atoms with E-state index in [-0.39, 0.29) is 24.4 Å². The minimum atomic E-state index is -4.76. The third-order valence-electron chi connectivity index (χ3n) is 3.41. The van der Waals surface area contributed by atoms with Crippen molar-refractivity contribution in [2.75, 3.05) is 24.3 Å². The molecule has 0 saturated carbocycles. The maximum atomic E-state index is 12.9. The van der Waals surface area contributed by atoms with Crippen molar-refractivity contribution in [3.8, 4) is 5.75 Å². The van der Waals surface area contributed by atoms with Crippen LogP contribution in [0.15, 0.2) is 18.2 Å². The highest BCUT2D eigenvalue weighted by molar-refractivity contribution is 7.86. The van der Waals surface area contributed by atoms with Crippen LogP contribution in [0.1, 0.15) is 12.0 Å². The summed E-state index contributed by atoms with van der Waals surface area (Å²) < 4.78 is 77.5. The fraction of sp³-hybridized carbons (Fsp3) is 0.462. The molecule has 1 fully saturated rings. The van der Waals surface area contributed by atoms with Gasteiger partial charge < -0.3 is 9.64 Å². The lowest BCUT2D eigenvalue weighted by atomic mass is 10.1. The molecule has 1 unspecified atom stereocenters. The highest BCUT2D eigenvalue weighted by Gasteiger charge is 2.36. The Morgan fingerprint density at radius 1 is 1.30 bits per heavy atom. The zero-order valence-corrected chi connectivity index (χ0v) is 12.7. The van der Waals surface area contributed by atoms with Crippen molar-refractivity contribution in [2.45, 2.75) is 12.6 Å². The van der Waals surface area contributed by atoms with Crippen molar-refractivity contribution in [1.82, 2.24) is 0 Å². The summed E-state index contributed by atoms with van der Waals surface area (Å²) in [6, 6.07) is 2.79. The molecule has 0 bridgehead atoms. The predicted octanol–water partition coefficient (Wildman–Crippen LogP) is 2.37. The van der Waals surface area contributed by atoms with Crippen LogP contribution in [-0.4, -0.2) is 33.7 Å². The number of benzene rings is 1. The number of ether oxygens (including phenoxy) is 1. The number of halogens is 4. The third-order valence-corrected chi connectivity index (χ3v) is 4.28. The van der Waals surface area contributed by atoms with Crippen molar-refractivity contribution < 1.29 is 35.0 Å². The molecule has 1 aromatic rings. The minimum absolute atomic E-state index is 0.0690. The van der Waals surface area contributed by atoms with Crippen molar-refractivity contribution in [1.29, 1.82) is 0 Å². The van der Waals surface area contributed by atoms with Crippen LogP contribution < -0.4 is 9.64 Å².